The number of amides is 4. The minimum absolute atomic E-state index is 0.149. The Morgan fingerprint density at radius 3 is 2.77 bits per heavy atom. The van der Waals surface area contributed by atoms with Gasteiger partial charge in [0.25, 0.3) is 5.91 Å². The molecule has 0 bridgehead atoms. The minimum atomic E-state index is -0.618. The highest BCUT2D eigenvalue weighted by molar-refractivity contribution is 6.04. The van der Waals surface area contributed by atoms with E-state index >= 15 is 0 Å². The summed E-state index contributed by atoms with van der Waals surface area (Å²) in [5.74, 6) is 0.262. The summed E-state index contributed by atoms with van der Waals surface area (Å²) in [4.78, 5) is 34.0. The Morgan fingerprint density at radius 2 is 2.09 bits per heavy atom. The fraction of sp³-hybridized carbons (Fsp3) is 0.400. The summed E-state index contributed by atoms with van der Waals surface area (Å²) in [6.45, 7) is 0.489. The van der Waals surface area contributed by atoms with Gasteiger partial charge in [0.05, 0.1) is 7.11 Å². The Labute approximate surface area is 128 Å². The van der Waals surface area contributed by atoms with E-state index in [1.165, 1.54) is 0 Å². The quantitative estimate of drug-likeness (QED) is 0.633. The Balaban J connectivity index is 1.70. The number of carbonyl (C=O) groups is 3. The van der Waals surface area contributed by atoms with Crippen LogP contribution in [0, 0.1) is 0 Å². The topological polar surface area (TPSA) is 96.5 Å². The molecule has 7 nitrogen and oxygen atoms in total. The number of nitrogens with one attached hydrogen (secondary N) is 3. The van der Waals surface area contributed by atoms with E-state index in [1.54, 1.807) is 7.11 Å². The standard InChI is InChI=1S/C15H19N3O4/c1-22-12-5-3-2-4-10(12)8-9-16-13(19)7-6-11-14(20)18-15(21)17-11/h2-5,11H,6-9H2,1H3,(H,16,19)(H2,17,18,20,21). The predicted molar refractivity (Wildman–Crippen MR) is 79.4 cm³/mol. The van der Waals surface area contributed by atoms with Gasteiger partial charge in [-0.05, 0) is 24.5 Å². The van der Waals surface area contributed by atoms with Gasteiger partial charge in [-0.1, -0.05) is 18.2 Å². The van der Waals surface area contributed by atoms with Crippen LogP contribution in [0.4, 0.5) is 4.79 Å². The first-order valence-electron chi connectivity index (χ1n) is 7.10. The molecule has 3 N–H and O–H groups in total. The third-order valence-corrected chi connectivity index (χ3v) is 3.43. The maximum Gasteiger partial charge on any atom is 0.322 e. The molecule has 1 fully saturated rings. The van der Waals surface area contributed by atoms with Gasteiger partial charge < -0.3 is 15.4 Å². The molecule has 1 aliphatic rings. The van der Waals surface area contributed by atoms with Crippen molar-refractivity contribution in [3.05, 3.63) is 29.8 Å². The molecule has 1 saturated heterocycles. The normalized spacial score (nSPS) is 16.9. The van der Waals surface area contributed by atoms with Crippen LogP contribution in [0.15, 0.2) is 24.3 Å². The molecule has 2 rings (SSSR count). The van der Waals surface area contributed by atoms with E-state index in [0.717, 1.165) is 11.3 Å². The van der Waals surface area contributed by atoms with Gasteiger partial charge in [-0.3, -0.25) is 14.9 Å². The van der Waals surface area contributed by atoms with Crippen LogP contribution in [0.3, 0.4) is 0 Å². The van der Waals surface area contributed by atoms with Crippen LogP contribution < -0.4 is 20.7 Å². The van der Waals surface area contributed by atoms with Crippen molar-refractivity contribution in [2.75, 3.05) is 13.7 Å². The van der Waals surface area contributed by atoms with Crippen molar-refractivity contribution in [3.63, 3.8) is 0 Å². The molecule has 1 aromatic rings. The van der Waals surface area contributed by atoms with Crippen molar-refractivity contribution < 1.29 is 19.1 Å². The van der Waals surface area contributed by atoms with Crippen LogP contribution in [0.2, 0.25) is 0 Å². The van der Waals surface area contributed by atoms with Crippen LogP contribution >= 0.6 is 0 Å². The first kappa shape index (κ1) is 15.8. The van der Waals surface area contributed by atoms with Gasteiger partial charge in [-0.15, -0.1) is 0 Å². The first-order chi connectivity index (χ1) is 10.6. The van der Waals surface area contributed by atoms with Crippen LogP contribution in [-0.4, -0.2) is 37.5 Å². The minimum Gasteiger partial charge on any atom is -0.496 e. The monoisotopic (exact) mass is 305 g/mol. The Bertz CT molecular complexity index is 574. The maximum absolute atomic E-state index is 11.7. The number of carbonyl (C=O) groups excluding carboxylic acids is 3. The number of hydrogen-bond donors (Lipinski definition) is 3. The smallest absolute Gasteiger partial charge is 0.322 e. The molecule has 4 amide bonds. The van der Waals surface area contributed by atoms with E-state index in [1.807, 2.05) is 24.3 Å². The Hall–Kier alpha value is -2.57. The number of urea groups is 1. The number of ether oxygens (including phenoxy) is 1. The molecule has 7 heteroatoms. The van der Waals surface area contributed by atoms with Crippen molar-refractivity contribution in [2.24, 2.45) is 0 Å². The second-order valence-electron chi connectivity index (χ2n) is 4.97. The van der Waals surface area contributed by atoms with Gasteiger partial charge in [-0.2, -0.15) is 0 Å². The summed E-state index contributed by atoms with van der Waals surface area (Å²) in [5, 5.41) is 7.39. The van der Waals surface area contributed by atoms with Crippen LogP contribution in [-0.2, 0) is 16.0 Å². The second kappa shape index (κ2) is 7.44. The molecule has 1 aromatic carbocycles. The lowest BCUT2D eigenvalue weighted by Gasteiger charge is -2.10. The fourth-order valence-electron chi connectivity index (χ4n) is 2.27. The molecule has 1 unspecified atom stereocenters. The van der Waals surface area contributed by atoms with E-state index in [9.17, 15) is 14.4 Å². The molecule has 0 aliphatic carbocycles. The van der Waals surface area contributed by atoms with Gasteiger partial charge in [-0.25, -0.2) is 4.79 Å². The lowest BCUT2D eigenvalue weighted by Crippen LogP contribution is -2.32. The number of imide groups is 1. The SMILES string of the molecule is COc1ccccc1CCNC(=O)CCC1NC(=O)NC1=O. The van der Waals surface area contributed by atoms with Gasteiger partial charge >= 0.3 is 6.03 Å². The van der Waals surface area contributed by atoms with E-state index in [2.05, 4.69) is 16.0 Å². The number of benzene rings is 1. The first-order valence-corrected chi connectivity index (χ1v) is 7.10. The zero-order valence-corrected chi connectivity index (χ0v) is 12.3. The molecular formula is C15H19N3O4. The highest BCUT2D eigenvalue weighted by Gasteiger charge is 2.29. The largest absolute Gasteiger partial charge is 0.496 e. The molecule has 0 aromatic heterocycles. The Kier molecular flexibility index (Phi) is 5.35. The predicted octanol–water partition coefficient (Wildman–Crippen LogP) is 0.342. The van der Waals surface area contributed by atoms with Crippen molar-refractivity contribution in [3.8, 4) is 5.75 Å². The number of para-hydroxylation sites is 1. The average Bonchev–Trinajstić information content (AvgIpc) is 2.83. The van der Waals surface area contributed by atoms with Gasteiger partial charge in [0.15, 0.2) is 0 Å². The second-order valence-corrected chi connectivity index (χ2v) is 4.97. The maximum atomic E-state index is 11.7. The van der Waals surface area contributed by atoms with Gasteiger partial charge in [0.2, 0.25) is 5.91 Å². The molecule has 0 saturated carbocycles. The molecular weight excluding hydrogens is 286 g/mol. The molecule has 118 valence electrons. The molecule has 1 atom stereocenters. The lowest BCUT2D eigenvalue weighted by atomic mass is 10.1. The van der Waals surface area contributed by atoms with Crippen LogP contribution in [0.25, 0.3) is 0 Å². The Morgan fingerprint density at radius 1 is 1.32 bits per heavy atom. The highest BCUT2D eigenvalue weighted by Crippen LogP contribution is 2.17. The number of methoxy groups -OCH3 is 1. The molecule has 0 spiro atoms. The van der Waals surface area contributed by atoms with Gasteiger partial charge in [0, 0.05) is 13.0 Å². The third kappa shape index (κ3) is 4.21. The van der Waals surface area contributed by atoms with E-state index in [0.29, 0.717) is 13.0 Å². The van der Waals surface area contributed by atoms with Crippen molar-refractivity contribution >= 4 is 17.8 Å². The van der Waals surface area contributed by atoms with Gasteiger partial charge in [0.1, 0.15) is 11.8 Å². The summed E-state index contributed by atoms with van der Waals surface area (Å²) in [6.07, 6.45) is 1.14. The summed E-state index contributed by atoms with van der Waals surface area (Å²) in [6, 6.07) is 6.50. The van der Waals surface area contributed by atoms with E-state index in [-0.39, 0.29) is 24.7 Å². The molecule has 0 radical (unpaired) electrons. The van der Waals surface area contributed by atoms with Crippen LogP contribution in [0.1, 0.15) is 18.4 Å². The summed E-state index contributed by atoms with van der Waals surface area (Å²) < 4.78 is 5.24. The van der Waals surface area contributed by atoms with E-state index in [4.69, 9.17) is 4.74 Å². The van der Waals surface area contributed by atoms with Crippen molar-refractivity contribution in [2.45, 2.75) is 25.3 Å². The zero-order valence-electron chi connectivity index (χ0n) is 12.3. The lowest BCUT2D eigenvalue weighted by molar-refractivity contribution is -0.122. The zero-order chi connectivity index (χ0) is 15.9. The van der Waals surface area contributed by atoms with Crippen molar-refractivity contribution in [1.29, 1.82) is 0 Å². The summed E-state index contributed by atoms with van der Waals surface area (Å²) >= 11 is 0. The summed E-state index contributed by atoms with van der Waals surface area (Å²) in [7, 11) is 1.61. The number of rotatable bonds is 7. The molecule has 1 aliphatic heterocycles. The fourth-order valence-corrected chi connectivity index (χ4v) is 2.27. The summed E-state index contributed by atoms with van der Waals surface area (Å²) in [5.41, 5.74) is 1.02. The van der Waals surface area contributed by atoms with Crippen LogP contribution in [0.5, 0.6) is 5.75 Å². The third-order valence-electron chi connectivity index (χ3n) is 3.43. The molecule has 22 heavy (non-hydrogen) atoms. The molecule has 1 heterocycles. The van der Waals surface area contributed by atoms with Crippen molar-refractivity contribution in [1.82, 2.24) is 16.0 Å². The van der Waals surface area contributed by atoms with E-state index < -0.39 is 12.1 Å². The highest BCUT2D eigenvalue weighted by atomic mass is 16.5. The number of hydrogen-bond acceptors (Lipinski definition) is 4. The average molecular weight is 305 g/mol.